The molecule has 1 heteroatoms. The van der Waals surface area contributed by atoms with Crippen LogP contribution in [0.4, 0.5) is 0 Å². The molecule has 1 atom stereocenters. The van der Waals surface area contributed by atoms with Gasteiger partial charge in [-0.15, -0.1) is 0 Å². The van der Waals surface area contributed by atoms with Gasteiger partial charge in [0.25, 0.3) is 0 Å². The van der Waals surface area contributed by atoms with Crippen LogP contribution in [0.1, 0.15) is 44.1 Å². The van der Waals surface area contributed by atoms with Crippen LogP contribution in [-0.4, -0.2) is 0 Å². The summed E-state index contributed by atoms with van der Waals surface area (Å²) in [7, 11) is 0. The average Bonchev–Trinajstić information content (AvgIpc) is 2.25. The molecule has 0 aromatic heterocycles. The van der Waals surface area contributed by atoms with Crippen LogP contribution in [-0.2, 0) is 0 Å². The number of rotatable bonds is 5. The normalized spacial score (nSPS) is 12.0. The first kappa shape index (κ1) is 10.8. The van der Waals surface area contributed by atoms with E-state index in [1.165, 1.54) is 18.4 Å². The largest absolute Gasteiger partial charge is 0.198 e. The minimum atomic E-state index is 0.432. The third kappa shape index (κ3) is 3.22. The predicted molar refractivity (Wildman–Crippen MR) is 58.9 cm³/mol. The van der Waals surface area contributed by atoms with E-state index in [1.807, 2.05) is 18.2 Å². The van der Waals surface area contributed by atoms with Crippen molar-refractivity contribution in [3.8, 4) is 6.07 Å². The van der Waals surface area contributed by atoms with Gasteiger partial charge in [-0.3, -0.25) is 0 Å². The lowest BCUT2D eigenvalue weighted by Gasteiger charge is -2.12. The molecule has 1 aromatic rings. The lowest BCUT2D eigenvalue weighted by atomic mass is 9.91. The van der Waals surface area contributed by atoms with Gasteiger partial charge in [0.15, 0.2) is 0 Å². The van der Waals surface area contributed by atoms with Gasteiger partial charge < -0.3 is 0 Å². The Morgan fingerprint density at radius 1 is 1.29 bits per heavy atom. The molecule has 0 spiro atoms. The fraction of sp³-hybridized carbons (Fsp3) is 0.462. The summed E-state index contributed by atoms with van der Waals surface area (Å²) in [4.78, 5) is 0. The highest BCUT2D eigenvalue weighted by atomic mass is 14.3. The molecule has 1 rings (SSSR count). The summed E-state index contributed by atoms with van der Waals surface area (Å²) in [5, 5.41) is 8.75. The molecule has 0 amide bonds. The standard InChI is InChI=1S/C13H17N/c1-2-3-7-13(10-11-14)12-8-5-4-6-9-12/h4-6,8-9,13H,2-3,7,10H2,1H3. The molecular weight excluding hydrogens is 170 g/mol. The van der Waals surface area contributed by atoms with Crippen LogP contribution in [0.25, 0.3) is 0 Å². The summed E-state index contributed by atoms with van der Waals surface area (Å²) < 4.78 is 0. The summed E-state index contributed by atoms with van der Waals surface area (Å²) in [6, 6.07) is 12.6. The van der Waals surface area contributed by atoms with Gasteiger partial charge in [-0.1, -0.05) is 50.1 Å². The van der Waals surface area contributed by atoms with E-state index in [9.17, 15) is 0 Å². The molecule has 0 aliphatic heterocycles. The van der Waals surface area contributed by atoms with Crippen molar-refractivity contribution in [1.82, 2.24) is 0 Å². The number of benzene rings is 1. The van der Waals surface area contributed by atoms with Crippen LogP contribution in [0, 0.1) is 11.3 Å². The van der Waals surface area contributed by atoms with Crippen molar-refractivity contribution in [1.29, 1.82) is 5.26 Å². The molecule has 0 aliphatic rings. The Bertz CT molecular complexity index is 284. The van der Waals surface area contributed by atoms with Crippen LogP contribution < -0.4 is 0 Å². The van der Waals surface area contributed by atoms with E-state index < -0.39 is 0 Å². The minimum Gasteiger partial charge on any atom is -0.198 e. The number of unbranched alkanes of at least 4 members (excludes halogenated alkanes) is 1. The molecule has 0 N–H and O–H groups in total. The highest BCUT2D eigenvalue weighted by Gasteiger charge is 2.09. The molecule has 1 nitrogen and oxygen atoms in total. The summed E-state index contributed by atoms with van der Waals surface area (Å²) >= 11 is 0. The summed E-state index contributed by atoms with van der Waals surface area (Å²) in [6.45, 7) is 2.19. The maximum absolute atomic E-state index is 8.75. The van der Waals surface area contributed by atoms with Crippen LogP contribution in [0.3, 0.4) is 0 Å². The van der Waals surface area contributed by atoms with Crippen LogP contribution in [0.2, 0.25) is 0 Å². The van der Waals surface area contributed by atoms with E-state index in [2.05, 4.69) is 25.1 Å². The third-order valence-electron chi connectivity index (χ3n) is 2.51. The first-order chi connectivity index (χ1) is 6.88. The maximum Gasteiger partial charge on any atom is 0.0628 e. The lowest BCUT2D eigenvalue weighted by molar-refractivity contribution is 0.593. The zero-order chi connectivity index (χ0) is 10.2. The van der Waals surface area contributed by atoms with Crippen molar-refractivity contribution < 1.29 is 0 Å². The van der Waals surface area contributed by atoms with Crippen molar-refractivity contribution >= 4 is 0 Å². The van der Waals surface area contributed by atoms with E-state index >= 15 is 0 Å². The fourth-order valence-electron chi connectivity index (χ4n) is 1.67. The number of hydrogen-bond acceptors (Lipinski definition) is 1. The van der Waals surface area contributed by atoms with Gasteiger partial charge in [0, 0.05) is 6.42 Å². The van der Waals surface area contributed by atoms with Gasteiger partial charge in [0.2, 0.25) is 0 Å². The van der Waals surface area contributed by atoms with Crippen molar-refractivity contribution in [2.24, 2.45) is 0 Å². The Hall–Kier alpha value is -1.29. The van der Waals surface area contributed by atoms with Gasteiger partial charge in [0.1, 0.15) is 0 Å². The molecule has 1 aromatic carbocycles. The first-order valence-corrected chi connectivity index (χ1v) is 5.30. The number of hydrogen-bond donors (Lipinski definition) is 0. The van der Waals surface area contributed by atoms with Crippen LogP contribution in [0.15, 0.2) is 30.3 Å². The van der Waals surface area contributed by atoms with E-state index in [1.54, 1.807) is 0 Å². The Balaban J connectivity index is 2.63. The molecule has 0 heterocycles. The SMILES string of the molecule is CCCCC(CC#N)c1ccccc1. The van der Waals surface area contributed by atoms with Gasteiger partial charge >= 0.3 is 0 Å². The van der Waals surface area contributed by atoms with Gasteiger partial charge in [-0.2, -0.15) is 5.26 Å². The average molecular weight is 187 g/mol. The van der Waals surface area contributed by atoms with Crippen molar-refractivity contribution in [3.63, 3.8) is 0 Å². The molecule has 0 saturated carbocycles. The van der Waals surface area contributed by atoms with E-state index in [-0.39, 0.29) is 0 Å². The Morgan fingerprint density at radius 3 is 2.57 bits per heavy atom. The minimum absolute atomic E-state index is 0.432. The van der Waals surface area contributed by atoms with Gasteiger partial charge in [0.05, 0.1) is 6.07 Å². The molecular formula is C13H17N. The second kappa shape index (κ2) is 6.21. The summed E-state index contributed by atoms with van der Waals surface area (Å²) in [5.74, 6) is 0.432. The van der Waals surface area contributed by atoms with E-state index in [4.69, 9.17) is 5.26 Å². The maximum atomic E-state index is 8.75. The van der Waals surface area contributed by atoms with E-state index in [0.717, 1.165) is 6.42 Å². The molecule has 74 valence electrons. The summed E-state index contributed by atoms with van der Waals surface area (Å²) in [5.41, 5.74) is 1.31. The van der Waals surface area contributed by atoms with Crippen molar-refractivity contribution in [2.45, 2.75) is 38.5 Å². The van der Waals surface area contributed by atoms with Crippen LogP contribution in [0.5, 0.6) is 0 Å². The Morgan fingerprint density at radius 2 is 2.00 bits per heavy atom. The second-order valence-corrected chi connectivity index (χ2v) is 3.61. The molecule has 14 heavy (non-hydrogen) atoms. The zero-order valence-electron chi connectivity index (χ0n) is 8.74. The van der Waals surface area contributed by atoms with Gasteiger partial charge in [-0.05, 0) is 17.9 Å². The Labute approximate surface area is 86.4 Å². The van der Waals surface area contributed by atoms with Gasteiger partial charge in [-0.25, -0.2) is 0 Å². The third-order valence-corrected chi connectivity index (χ3v) is 2.51. The highest BCUT2D eigenvalue weighted by molar-refractivity contribution is 5.20. The quantitative estimate of drug-likeness (QED) is 0.686. The predicted octanol–water partition coefficient (Wildman–Crippen LogP) is 3.87. The summed E-state index contributed by atoms with van der Waals surface area (Å²) in [6.07, 6.45) is 4.19. The molecule has 0 fully saturated rings. The Kier molecular flexibility index (Phi) is 4.78. The smallest absolute Gasteiger partial charge is 0.0628 e. The number of nitrogens with zero attached hydrogens (tertiary/aromatic N) is 1. The van der Waals surface area contributed by atoms with Crippen molar-refractivity contribution in [2.75, 3.05) is 0 Å². The van der Waals surface area contributed by atoms with Crippen LogP contribution >= 0.6 is 0 Å². The fourth-order valence-corrected chi connectivity index (χ4v) is 1.67. The first-order valence-electron chi connectivity index (χ1n) is 5.30. The molecule has 0 radical (unpaired) electrons. The molecule has 0 aliphatic carbocycles. The zero-order valence-corrected chi connectivity index (χ0v) is 8.74. The molecule has 0 bridgehead atoms. The molecule has 0 saturated heterocycles. The van der Waals surface area contributed by atoms with E-state index in [0.29, 0.717) is 12.3 Å². The van der Waals surface area contributed by atoms with Crippen molar-refractivity contribution in [3.05, 3.63) is 35.9 Å². The topological polar surface area (TPSA) is 23.8 Å². The molecule has 1 unspecified atom stereocenters. The number of nitriles is 1. The monoisotopic (exact) mass is 187 g/mol. The second-order valence-electron chi connectivity index (χ2n) is 3.61. The highest BCUT2D eigenvalue weighted by Crippen LogP contribution is 2.24. The lowest BCUT2D eigenvalue weighted by Crippen LogP contribution is -1.97.